The largest absolute Gasteiger partial charge is 0.396 e. The molecular formula is C8H5ClF3NO. The van der Waals surface area contributed by atoms with Crippen molar-refractivity contribution in [3.8, 4) is 0 Å². The van der Waals surface area contributed by atoms with Crippen LogP contribution in [-0.2, 0) is 4.79 Å². The molecule has 76 valence electrons. The Labute approximate surface area is 82.8 Å². The van der Waals surface area contributed by atoms with E-state index in [0.717, 1.165) is 12.2 Å². The number of isocyanates is 1. The smallest absolute Gasteiger partial charge is 0.211 e. The Bertz CT molecular complexity index is 328. The van der Waals surface area contributed by atoms with Gasteiger partial charge in [0.05, 0.1) is 17.0 Å². The normalized spacial score (nSPS) is 26.7. The maximum absolute atomic E-state index is 12.3. The van der Waals surface area contributed by atoms with E-state index >= 15 is 0 Å². The second-order valence-electron chi connectivity index (χ2n) is 2.67. The van der Waals surface area contributed by atoms with Crippen LogP contribution >= 0.6 is 11.6 Å². The zero-order valence-electron chi connectivity index (χ0n) is 6.75. The van der Waals surface area contributed by atoms with Gasteiger partial charge in [-0.05, 0) is 12.2 Å². The molecule has 0 fully saturated rings. The van der Waals surface area contributed by atoms with Crippen molar-refractivity contribution in [1.82, 2.24) is 0 Å². The number of hydrogen-bond acceptors (Lipinski definition) is 2. The molecule has 0 saturated carbocycles. The monoisotopic (exact) mass is 223 g/mol. The first-order valence-electron chi connectivity index (χ1n) is 3.64. The minimum absolute atomic E-state index is 0.0702. The van der Waals surface area contributed by atoms with Crippen LogP contribution in [0.1, 0.15) is 0 Å². The number of nitrogens with zero attached hydrogens (tertiary/aromatic N) is 1. The van der Waals surface area contributed by atoms with Crippen LogP contribution in [0.25, 0.3) is 0 Å². The van der Waals surface area contributed by atoms with Gasteiger partial charge in [0, 0.05) is 0 Å². The summed E-state index contributed by atoms with van der Waals surface area (Å²) >= 11 is 5.44. The lowest BCUT2D eigenvalue weighted by Crippen LogP contribution is -2.29. The number of allylic oxidation sites excluding steroid dienone is 3. The summed E-state index contributed by atoms with van der Waals surface area (Å²) in [6, 6.07) is 0. The third-order valence-electron chi connectivity index (χ3n) is 1.70. The minimum atomic E-state index is -4.43. The van der Waals surface area contributed by atoms with E-state index in [4.69, 9.17) is 11.6 Å². The van der Waals surface area contributed by atoms with Crippen molar-refractivity contribution < 1.29 is 18.0 Å². The molecule has 0 aromatic heterocycles. The van der Waals surface area contributed by atoms with Gasteiger partial charge in [-0.3, -0.25) is 0 Å². The molecular weight excluding hydrogens is 219 g/mol. The lowest BCUT2D eigenvalue weighted by Gasteiger charge is -2.22. The van der Waals surface area contributed by atoms with Gasteiger partial charge in [0.1, 0.15) is 0 Å². The topological polar surface area (TPSA) is 29.4 Å². The minimum Gasteiger partial charge on any atom is -0.211 e. The van der Waals surface area contributed by atoms with Crippen LogP contribution in [0.3, 0.4) is 0 Å². The molecule has 0 aromatic rings. The highest BCUT2D eigenvalue weighted by Crippen LogP contribution is 2.36. The molecule has 0 spiro atoms. The van der Waals surface area contributed by atoms with Crippen molar-refractivity contribution in [3.05, 3.63) is 23.9 Å². The van der Waals surface area contributed by atoms with E-state index in [1.807, 2.05) is 0 Å². The van der Waals surface area contributed by atoms with Crippen LogP contribution in [0, 0.1) is 5.92 Å². The number of rotatable bonds is 1. The predicted molar refractivity (Wildman–Crippen MR) is 44.5 cm³/mol. The van der Waals surface area contributed by atoms with Crippen LogP contribution in [-0.4, -0.2) is 17.6 Å². The zero-order chi connectivity index (χ0) is 10.8. The van der Waals surface area contributed by atoms with Gasteiger partial charge in [-0.25, -0.2) is 4.79 Å². The molecule has 1 aliphatic carbocycles. The first-order chi connectivity index (χ1) is 6.45. The second kappa shape index (κ2) is 3.98. The molecule has 0 radical (unpaired) electrons. The molecule has 14 heavy (non-hydrogen) atoms. The number of halogens is 4. The molecule has 0 N–H and O–H groups in total. The van der Waals surface area contributed by atoms with E-state index < -0.39 is 17.5 Å². The van der Waals surface area contributed by atoms with Gasteiger partial charge in [0.15, 0.2) is 0 Å². The Morgan fingerprint density at radius 1 is 1.50 bits per heavy atom. The fourth-order valence-corrected chi connectivity index (χ4v) is 1.33. The van der Waals surface area contributed by atoms with E-state index in [9.17, 15) is 18.0 Å². The Hall–Kier alpha value is -1.06. The summed E-state index contributed by atoms with van der Waals surface area (Å²) in [7, 11) is 0. The van der Waals surface area contributed by atoms with E-state index in [1.165, 1.54) is 12.2 Å². The van der Waals surface area contributed by atoms with Crippen LogP contribution in [0.15, 0.2) is 28.9 Å². The molecule has 0 amide bonds. The van der Waals surface area contributed by atoms with Gasteiger partial charge in [-0.1, -0.05) is 6.08 Å². The molecule has 2 atom stereocenters. The molecule has 1 rings (SSSR count). The Kier molecular flexibility index (Phi) is 3.13. The maximum atomic E-state index is 12.3. The maximum Gasteiger partial charge on any atom is 0.396 e. The highest BCUT2D eigenvalue weighted by Gasteiger charge is 2.43. The van der Waals surface area contributed by atoms with Gasteiger partial charge in [0.2, 0.25) is 6.08 Å². The molecule has 0 heterocycles. The zero-order valence-corrected chi connectivity index (χ0v) is 7.51. The SMILES string of the molecule is O=C=NC1=CC(C(F)(F)F)C(Cl)C=C1. The Morgan fingerprint density at radius 3 is 2.64 bits per heavy atom. The molecule has 2 nitrogen and oxygen atoms in total. The average Bonchev–Trinajstić information content (AvgIpc) is 2.07. The first-order valence-corrected chi connectivity index (χ1v) is 4.07. The molecule has 6 heteroatoms. The third-order valence-corrected chi connectivity index (χ3v) is 2.11. The molecule has 2 unspecified atom stereocenters. The average molecular weight is 224 g/mol. The molecule has 0 saturated heterocycles. The number of hydrogen-bond donors (Lipinski definition) is 0. The van der Waals surface area contributed by atoms with Crippen molar-refractivity contribution in [3.63, 3.8) is 0 Å². The number of alkyl halides is 4. The van der Waals surface area contributed by atoms with Crippen molar-refractivity contribution in [2.45, 2.75) is 11.6 Å². The van der Waals surface area contributed by atoms with Crippen molar-refractivity contribution in [2.24, 2.45) is 10.9 Å². The molecule has 0 aromatic carbocycles. The summed E-state index contributed by atoms with van der Waals surface area (Å²) in [6.07, 6.45) is -0.0489. The summed E-state index contributed by atoms with van der Waals surface area (Å²) < 4.78 is 36.9. The van der Waals surface area contributed by atoms with Crippen molar-refractivity contribution in [1.29, 1.82) is 0 Å². The quantitative estimate of drug-likeness (QED) is 0.382. The van der Waals surface area contributed by atoms with Crippen LogP contribution in [0.2, 0.25) is 0 Å². The summed E-state index contributed by atoms with van der Waals surface area (Å²) in [5, 5.41) is -1.15. The van der Waals surface area contributed by atoms with Crippen LogP contribution in [0.5, 0.6) is 0 Å². The first kappa shape index (κ1) is 11.0. The molecule has 1 aliphatic rings. The third kappa shape index (κ3) is 2.47. The summed E-state index contributed by atoms with van der Waals surface area (Å²) in [4.78, 5) is 12.9. The van der Waals surface area contributed by atoms with Crippen molar-refractivity contribution in [2.75, 3.05) is 0 Å². The van der Waals surface area contributed by atoms with Crippen LogP contribution in [0.4, 0.5) is 13.2 Å². The summed E-state index contributed by atoms with van der Waals surface area (Å²) in [6.45, 7) is 0. The van der Waals surface area contributed by atoms with Gasteiger partial charge < -0.3 is 0 Å². The fourth-order valence-electron chi connectivity index (χ4n) is 1.04. The Morgan fingerprint density at radius 2 is 2.14 bits per heavy atom. The van der Waals surface area contributed by atoms with Gasteiger partial charge in [0.25, 0.3) is 0 Å². The number of aliphatic imine (C=N–C) groups is 1. The van der Waals surface area contributed by atoms with E-state index in [2.05, 4.69) is 4.99 Å². The predicted octanol–water partition coefficient (Wildman–Crippen LogP) is 2.56. The highest BCUT2D eigenvalue weighted by atomic mass is 35.5. The van der Waals surface area contributed by atoms with Gasteiger partial charge in [-0.2, -0.15) is 18.2 Å². The van der Waals surface area contributed by atoms with Gasteiger partial charge >= 0.3 is 6.18 Å². The second-order valence-corrected chi connectivity index (χ2v) is 3.17. The van der Waals surface area contributed by atoms with Crippen molar-refractivity contribution >= 4 is 17.7 Å². The van der Waals surface area contributed by atoms with Gasteiger partial charge in [-0.15, -0.1) is 11.6 Å². The number of carbonyl (C=O) groups excluding carboxylic acids is 1. The standard InChI is InChI=1S/C8H5ClF3NO/c9-7-2-1-5(13-4-14)3-6(7)8(10,11)12/h1-3,6-7H. The summed E-state index contributed by atoms with van der Waals surface area (Å²) in [5.74, 6) is -1.80. The Balaban J connectivity index is 2.96. The van der Waals surface area contributed by atoms with E-state index in [0.29, 0.717) is 0 Å². The fraction of sp³-hybridized carbons (Fsp3) is 0.375. The lowest BCUT2D eigenvalue weighted by molar-refractivity contribution is -0.159. The van der Waals surface area contributed by atoms with E-state index in [1.54, 1.807) is 0 Å². The molecule has 0 bridgehead atoms. The lowest BCUT2D eigenvalue weighted by atomic mass is 9.98. The molecule has 0 aliphatic heterocycles. The highest BCUT2D eigenvalue weighted by molar-refractivity contribution is 6.22. The van der Waals surface area contributed by atoms with E-state index in [-0.39, 0.29) is 5.70 Å². The summed E-state index contributed by atoms with van der Waals surface area (Å²) in [5.41, 5.74) is -0.0702. The van der Waals surface area contributed by atoms with Crippen LogP contribution < -0.4 is 0 Å².